The van der Waals surface area contributed by atoms with Gasteiger partial charge < -0.3 is 10.6 Å². The average Bonchev–Trinajstić information content (AvgIpc) is 2.47. The number of anilines is 1. The van der Waals surface area contributed by atoms with Crippen LogP contribution in [0.25, 0.3) is 0 Å². The predicted molar refractivity (Wildman–Crippen MR) is 56.2 cm³/mol. The summed E-state index contributed by atoms with van der Waals surface area (Å²) < 4.78 is 0. The summed E-state index contributed by atoms with van der Waals surface area (Å²) in [6.45, 7) is 5.02. The lowest BCUT2D eigenvalue weighted by Gasteiger charge is -2.20. The quantitative estimate of drug-likeness (QED) is 0.712. The second kappa shape index (κ2) is 3.53. The molecule has 1 aliphatic heterocycles. The van der Waals surface area contributed by atoms with Crippen LogP contribution >= 0.6 is 0 Å². The van der Waals surface area contributed by atoms with Crippen LogP contribution in [0, 0.1) is 6.92 Å². The van der Waals surface area contributed by atoms with E-state index in [1.54, 1.807) is 0 Å². The molecule has 4 nitrogen and oxygen atoms in total. The summed E-state index contributed by atoms with van der Waals surface area (Å²) in [6, 6.07) is 0.711. The van der Waals surface area contributed by atoms with Crippen molar-refractivity contribution in [1.29, 1.82) is 0 Å². The van der Waals surface area contributed by atoms with Crippen LogP contribution in [0.3, 0.4) is 0 Å². The van der Waals surface area contributed by atoms with Gasteiger partial charge in [-0.15, -0.1) is 0 Å². The Bertz CT molecular complexity index is 308. The van der Waals surface area contributed by atoms with Crippen molar-refractivity contribution in [2.75, 3.05) is 11.4 Å². The molecule has 4 heteroatoms. The summed E-state index contributed by atoms with van der Waals surface area (Å²) in [5.41, 5.74) is 6.97. The second-order valence-electron chi connectivity index (χ2n) is 4.06. The molecule has 0 aromatic carbocycles. The van der Waals surface area contributed by atoms with Crippen LogP contribution in [-0.4, -0.2) is 28.6 Å². The Morgan fingerprint density at radius 3 is 2.57 bits per heavy atom. The van der Waals surface area contributed by atoms with E-state index < -0.39 is 0 Å². The standard InChI is InChI=1S/C10H16N4/c1-7-4-12-10(13-5-7)14-6-9(11)3-8(14)2/h4-5,8-9H,3,6,11H2,1-2H3. The highest BCUT2D eigenvalue weighted by Gasteiger charge is 2.27. The van der Waals surface area contributed by atoms with Gasteiger partial charge in [0.1, 0.15) is 0 Å². The summed E-state index contributed by atoms with van der Waals surface area (Å²) in [5.74, 6) is 0.802. The molecule has 2 heterocycles. The minimum Gasteiger partial charge on any atom is -0.337 e. The van der Waals surface area contributed by atoms with Crippen LogP contribution in [0.15, 0.2) is 12.4 Å². The summed E-state index contributed by atoms with van der Waals surface area (Å²) in [5, 5.41) is 0. The molecule has 2 rings (SSSR count). The Balaban J connectivity index is 2.19. The molecule has 1 saturated heterocycles. The smallest absolute Gasteiger partial charge is 0.225 e. The molecule has 1 fully saturated rings. The van der Waals surface area contributed by atoms with Crippen LogP contribution in [-0.2, 0) is 0 Å². The highest BCUT2D eigenvalue weighted by molar-refractivity contribution is 5.34. The Morgan fingerprint density at radius 1 is 1.43 bits per heavy atom. The maximum Gasteiger partial charge on any atom is 0.225 e. The van der Waals surface area contributed by atoms with Crippen LogP contribution in [0.2, 0.25) is 0 Å². The number of aryl methyl sites for hydroxylation is 1. The molecular formula is C10H16N4. The summed E-state index contributed by atoms with van der Waals surface area (Å²) in [7, 11) is 0. The van der Waals surface area contributed by atoms with E-state index in [0.29, 0.717) is 6.04 Å². The summed E-state index contributed by atoms with van der Waals surface area (Å²) >= 11 is 0. The van der Waals surface area contributed by atoms with E-state index in [1.165, 1.54) is 0 Å². The fourth-order valence-electron chi connectivity index (χ4n) is 1.89. The van der Waals surface area contributed by atoms with Gasteiger partial charge in [0, 0.05) is 31.0 Å². The topological polar surface area (TPSA) is 55.0 Å². The third kappa shape index (κ3) is 1.70. The van der Waals surface area contributed by atoms with Gasteiger partial charge in [-0.3, -0.25) is 0 Å². The lowest BCUT2D eigenvalue weighted by molar-refractivity contribution is 0.685. The van der Waals surface area contributed by atoms with Crippen LogP contribution < -0.4 is 10.6 Å². The van der Waals surface area contributed by atoms with Gasteiger partial charge in [0.25, 0.3) is 0 Å². The largest absolute Gasteiger partial charge is 0.337 e. The third-order valence-corrected chi connectivity index (χ3v) is 2.63. The van der Waals surface area contributed by atoms with Crippen molar-refractivity contribution < 1.29 is 0 Å². The second-order valence-corrected chi connectivity index (χ2v) is 4.06. The number of nitrogens with zero attached hydrogens (tertiary/aromatic N) is 3. The van der Waals surface area contributed by atoms with E-state index in [2.05, 4.69) is 21.8 Å². The predicted octanol–water partition coefficient (Wildman–Crippen LogP) is 0.711. The zero-order valence-electron chi connectivity index (χ0n) is 8.64. The van der Waals surface area contributed by atoms with E-state index in [1.807, 2.05) is 19.3 Å². The van der Waals surface area contributed by atoms with E-state index in [-0.39, 0.29) is 6.04 Å². The molecule has 76 valence electrons. The third-order valence-electron chi connectivity index (χ3n) is 2.63. The van der Waals surface area contributed by atoms with Crippen molar-refractivity contribution in [1.82, 2.24) is 9.97 Å². The maximum absolute atomic E-state index is 5.89. The van der Waals surface area contributed by atoms with E-state index in [0.717, 1.165) is 24.5 Å². The van der Waals surface area contributed by atoms with E-state index in [4.69, 9.17) is 5.73 Å². The number of hydrogen-bond acceptors (Lipinski definition) is 4. The summed E-state index contributed by atoms with van der Waals surface area (Å²) in [6.07, 6.45) is 4.72. The number of nitrogens with two attached hydrogens (primary N) is 1. The molecule has 1 aromatic rings. The highest BCUT2D eigenvalue weighted by Crippen LogP contribution is 2.20. The van der Waals surface area contributed by atoms with Gasteiger partial charge in [-0.2, -0.15) is 0 Å². The zero-order valence-corrected chi connectivity index (χ0v) is 8.64. The molecule has 2 N–H and O–H groups in total. The fraction of sp³-hybridized carbons (Fsp3) is 0.600. The van der Waals surface area contributed by atoms with Crippen molar-refractivity contribution in [3.8, 4) is 0 Å². The first-order chi connectivity index (χ1) is 6.66. The van der Waals surface area contributed by atoms with Crippen molar-refractivity contribution >= 4 is 5.95 Å². The van der Waals surface area contributed by atoms with Gasteiger partial charge in [0.2, 0.25) is 5.95 Å². The zero-order chi connectivity index (χ0) is 10.1. The van der Waals surface area contributed by atoms with Crippen molar-refractivity contribution in [2.24, 2.45) is 5.73 Å². The van der Waals surface area contributed by atoms with Crippen molar-refractivity contribution in [3.63, 3.8) is 0 Å². The molecule has 0 amide bonds. The van der Waals surface area contributed by atoms with Gasteiger partial charge >= 0.3 is 0 Å². The maximum atomic E-state index is 5.89. The molecule has 1 aliphatic rings. The van der Waals surface area contributed by atoms with Gasteiger partial charge in [-0.05, 0) is 25.8 Å². The Hall–Kier alpha value is -1.16. The Morgan fingerprint density at radius 2 is 2.07 bits per heavy atom. The molecule has 2 atom stereocenters. The van der Waals surface area contributed by atoms with Gasteiger partial charge in [0.15, 0.2) is 0 Å². The number of aromatic nitrogens is 2. The first-order valence-electron chi connectivity index (χ1n) is 4.97. The van der Waals surface area contributed by atoms with E-state index >= 15 is 0 Å². The molecular weight excluding hydrogens is 176 g/mol. The Kier molecular flexibility index (Phi) is 2.37. The van der Waals surface area contributed by atoms with Crippen LogP contribution in [0.1, 0.15) is 18.9 Å². The molecule has 0 bridgehead atoms. The molecule has 0 aliphatic carbocycles. The average molecular weight is 192 g/mol. The number of hydrogen-bond donors (Lipinski definition) is 1. The minimum atomic E-state index is 0.259. The first kappa shape index (κ1) is 9.40. The molecule has 2 unspecified atom stereocenters. The minimum absolute atomic E-state index is 0.259. The SMILES string of the molecule is Cc1cnc(N2CC(N)CC2C)nc1. The van der Waals surface area contributed by atoms with Crippen molar-refractivity contribution in [2.45, 2.75) is 32.4 Å². The highest BCUT2D eigenvalue weighted by atomic mass is 15.3. The molecule has 0 saturated carbocycles. The van der Waals surface area contributed by atoms with Gasteiger partial charge in [-0.25, -0.2) is 9.97 Å². The number of rotatable bonds is 1. The van der Waals surface area contributed by atoms with Gasteiger partial charge in [0.05, 0.1) is 0 Å². The normalized spacial score (nSPS) is 26.9. The first-order valence-corrected chi connectivity index (χ1v) is 4.97. The lowest BCUT2D eigenvalue weighted by Crippen LogP contribution is -2.30. The summed E-state index contributed by atoms with van der Waals surface area (Å²) in [4.78, 5) is 10.8. The molecule has 14 heavy (non-hydrogen) atoms. The molecule has 0 spiro atoms. The molecule has 0 radical (unpaired) electrons. The van der Waals surface area contributed by atoms with Gasteiger partial charge in [-0.1, -0.05) is 0 Å². The fourth-order valence-corrected chi connectivity index (χ4v) is 1.89. The van der Waals surface area contributed by atoms with Crippen molar-refractivity contribution in [3.05, 3.63) is 18.0 Å². The monoisotopic (exact) mass is 192 g/mol. The lowest BCUT2D eigenvalue weighted by atomic mass is 10.2. The Labute approximate surface area is 84.2 Å². The van der Waals surface area contributed by atoms with Crippen LogP contribution in [0.4, 0.5) is 5.95 Å². The molecule has 1 aromatic heterocycles. The van der Waals surface area contributed by atoms with E-state index in [9.17, 15) is 0 Å². The van der Waals surface area contributed by atoms with Crippen LogP contribution in [0.5, 0.6) is 0 Å².